The van der Waals surface area contributed by atoms with Crippen LogP contribution in [0.2, 0.25) is 0 Å². The fourth-order valence-electron chi connectivity index (χ4n) is 2.59. The van der Waals surface area contributed by atoms with E-state index in [0.717, 1.165) is 11.1 Å². The molecule has 0 aliphatic heterocycles. The molecule has 0 saturated carbocycles. The first kappa shape index (κ1) is 20.6. The van der Waals surface area contributed by atoms with Crippen molar-refractivity contribution in [3.63, 3.8) is 0 Å². The number of methoxy groups -OCH3 is 1. The van der Waals surface area contributed by atoms with Crippen molar-refractivity contribution >= 4 is 23.6 Å². The van der Waals surface area contributed by atoms with Crippen molar-refractivity contribution in [1.82, 2.24) is 10.2 Å². The monoisotopic (exact) mass is 380 g/mol. The lowest BCUT2D eigenvalue weighted by Gasteiger charge is -2.21. The van der Waals surface area contributed by atoms with Crippen molar-refractivity contribution in [3.05, 3.63) is 65.0 Å². The molecule has 2 rings (SSSR count). The fraction of sp³-hybridized carbons (Fsp3) is 0.190. The van der Waals surface area contributed by atoms with Crippen LogP contribution in [0.3, 0.4) is 0 Å². The zero-order valence-electron chi connectivity index (χ0n) is 16.2. The Kier molecular flexibility index (Phi) is 6.88. The van der Waals surface area contributed by atoms with Crippen molar-refractivity contribution in [3.8, 4) is 11.8 Å². The van der Waals surface area contributed by atoms with Gasteiger partial charge in [-0.05, 0) is 42.3 Å². The van der Waals surface area contributed by atoms with Gasteiger partial charge in [0.15, 0.2) is 0 Å². The first-order chi connectivity index (χ1) is 13.4. The minimum atomic E-state index is -0.624. The van der Waals surface area contributed by atoms with Gasteiger partial charge >= 0.3 is 0 Å². The molecule has 0 heterocycles. The number of allylic oxidation sites excluding steroid dienone is 1. The van der Waals surface area contributed by atoms with Crippen LogP contribution in [-0.2, 0) is 4.79 Å². The molecule has 0 radical (unpaired) electrons. The highest BCUT2D eigenvalue weighted by Gasteiger charge is 2.15. The topological polar surface area (TPSA) is 77.7 Å². The lowest BCUT2D eigenvalue weighted by Crippen LogP contribution is -2.37. The van der Waals surface area contributed by atoms with Gasteiger partial charge < -0.3 is 10.1 Å². The van der Waals surface area contributed by atoms with Crippen LogP contribution in [0.15, 0.2) is 47.5 Å². The number of halogens is 1. The third kappa shape index (κ3) is 4.54. The van der Waals surface area contributed by atoms with Gasteiger partial charge in [0.1, 0.15) is 17.6 Å². The van der Waals surface area contributed by atoms with Crippen molar-refractivity contribution in [2.45, 2.75) is 6.92 Å². The van der Waals surface area contributed by atoms with Crippen molar-refractivity contribution < 1.29 is 13.9 Å². The molecular formula is C21H21FN4O2. The second-order valence-electron chi connectivity index (χ2n) is 5.92. The van der Waals surface area contributed by atoms with E-state index < -0.39 is 5.82 Å². The molecule has 0 aliphatic carbocycles. The Hall–Kier alpha value is -3.66. The van der Waals surface area contributed by atoms with Crippen LogP contribution in [0.5, 0.6) is 5.75 Å². The second kappa shape index (κ2) is 9.33. The van der Waals surface area contributed by atoms with Gasteiger partial charge in [0.2, 0.25) is 12.4 Å². The number of carbonyl (C=O) groups is 1. The summed E-state index contributed by atoms with van der Waals surface area (Å²) < 4.78 is 19.4. The van der Waals surface area contributed by atoms with Crippen LogP contribution in [-0.4, -0.2) is 38.5 Å². The number of aliphatic imine (C=N–C) groups is 1. The molecule has 0 fully saturated rings. The summed E-state index contributed by atoms with van der Waals surface area (Å²) in [5, 5.41) is 12.1. The molecule has 7 heteroatoms. The van der Waals surface area contributed by atoms with Gasteiger partial charge in [-0.15, -0.1) is 0 Å². The average Bonchev–Trinajstić information content (AvgIpc) is 2.73. The van der Waals surface area contributed by atoms with E-state index >= 15 is 0 Å². The maximum atomic E-state index is 14.2. The number of guanidine groups is 1. The molecule has 0 unspecified atom stereocenters. The van der Waals surface area contributed by atoms with Crippen LogP contribution in [0, 0.1) is 17.1 Å². The smallest absolute Gasteiger partial charge is 0.216 e. The number of rotatable bonds is 5. The Labute approximate surface area is 163 Å². The standard InChI is InChI=1S/C21H21FN4O2/c1-14(15-7-9-18(28-4)10-8-15)20(25-21(24-2)26(3)13-27)16-5-6-17(12-23)19(22)11-16/h5-11,13H,1-4H3,(H,24,25)/b20-14+. The minimum Gasteiger partial charge on any atom is -0.497 e. The summed E-state index contributed by atoms with van der Waals surface area (Å²) in [5.74, 6) is 0.384. The molecule has 0 saturated heterocycles. The average molecular weight is 380 g/mol. The molecule has 0 bridgehead atoms. The van der Waals surface area contributed by atoms with Gasteiger partial charge in [-0.3, -0.25) is 14.7 Å². The van der Waals surface area contributed by atoms with Gasteiger partial charge in [-0.25, -0.2) is 4.39 Å². The van der Waals surface area contributed by atoms with Gasteiger partial charge in [0.05, 0.1) is 18.4 Å². The van der Waals surface area contributed by atoms with E-state index in [2.05, 4.69) is 10.3 Å². The molecule has 28 heavy (non-hydrogen) atoms. The van der Waals surface area contributed by atoms with Crippen molar-refractivity contribution in [2.75, 3.05) is 21.2 Å². The van der Waals surface area contributed by atoms with Crippen molar-refractivity contribution in [1.29, 1.82) is 5.26 Å². The number of carbonyl (C=O) groups excluding carboxylic acids is 1. The molecule has 6 nitrogen and oxygen atoms in total. The van der Waals surface area contributed by atoms with Crippen LogP contribution in [0.4, 0.5) is 4.39 Å². The first-order valence-corrected chi connectivity index (χ1v) is 8.42. The summed E-state index contributed by atoms with van der Waals surface area (Å²) in [5.41, 5.74) is 2.71. The first-order valence-electron chi connectivity index (χ1n) is 8.42. The highest BCUT2D eigenvalue weighted by Crippen LogP contribution is 2.27. The van der Waals surface area contributed by atoms with E-state index in [1.165, 1.54) is 17.0 Å². The SMILES string of the molecule is CN=C(N/C(=C(\C)c1ccc(OC)cc1)c1ccc(C#N)c(F)c1)N(C)C=O. The Balaban J connectivity index is 2.61. The molecule has 0 aromatic heterocycles. The number of nitrogens with one attached hydrogen (secondary N) is 1. The number of hydrogen-bond acceptors (Lipinski definition) is 4. The molecule has 0 spiro atoms. The van der Waals surface area contributed by atoms with Gasteiger partial charge in [0.25, 0.3) is 0 Å². The summed E-state index contributed by atoms with van der Waals surface area (Å²) >= 11 is 0. The highest BCUT2D eigenvalue weighted by atomic mass is 19.1. The van der Waals surface area contributed by atoms with E-state index in [0.29, 0.717) is 29.4 Å². The number of hydrogen-bond donors (Lipinski definition) is 1. The molecule has 144 valence electrons. The van der Waals surface area contributed by atoms with E-state index in [9.17, 15) is 9.18 Å². The van der Waals surface area contributed by atoms with E-state index in [1.54, 1.807) is 27.3 Å². The van der Waals surface area contributed by atoms with E-state index in [-0.39, 0.29) is 5.56 Å². The lowest BCUT2D eigenvalue weighted by atomic mass is 9.99. The summed E-state index contributed by atoms with van der Waals surface area (Å²) in [4.78, 5) is 16.5. The molecule has 2 aromatic carbocycles. The predicted molar refractivity (Wildman–Crippen MR) is 107 cm³/mol. The normalized spacial score (nSPS) is 11.9. The summed E-state index contributed by atoms with van der Waals surface area (Å²) in [6.45, 7) is 1.87. The highest BCUT2D eigenvalue weighted by molar-refractivity contribution is 6.00. The number of nitriles is 1. The third-order valence-electron chi connectivity index (χ3n) is 4.22. The van der Waals surface area contributed by atoms with Gasteiger partial charge in [-0.1, -0.05) is 18.2 Å². The van der Waals surface area contributed by atoms with Crippen molar-refractivity contribution in [2.24, 2.45) is 4.99 Å². The number of ether oxygens (including phenoxy) is 1. The third-order valence-corrected chi connectivity index (χ3v) is 4.22. The van der Waals surface area contributed by atoms with Crippen LogP contribution >= 0.6 is 0 Å². The Bertz CT molecular complexity index is 959. The molecule has 1 N–H and O–H groups in total. The van der Waals surface area contributed by atoms with Gasteiger partial charge in [-0.2, -0.15) is 5.26 Å². The molecule has 1 amide bonds. The number of nitrogens with zero attached hydrogens (tertiary/aromatic N) is 3. The van der Waals surface area contributed by atoms with Gasteiger partial charge in [0, 0.05) is 19.7 Å². The van der Waals surface area contributed by atoms with E-state index in [1.807, 2.05) is 37.3 Å². The summed E-state index contributed by atoms with van der Waals surface area (Å²) in [7, 11) is 4.69. The minimum absolute atomic E-state index is 0.0420. The molecule has 0 aliphatic rings. The predicted octanol–water partition coefficient (Wildman–Crippen LogP) is 3.26. The maximum absolute atomic E-state index is 14.2. The lowest BCUT2D eigenvalue weighted by molar-refractivity contribution is -0.114. The fourth-order valence-corrected chi connectivity index (χ4v) is 2.59. The summed E-state index contributed by atoms with van der Waals surface area (Å²) in [6.07, 6.45) is 0.620. The summed E-state index contributed by atoms with van der Waals surface area (Å²) in [6, 6.07) is 13.5. The second-order valence-corrected chi connectivity index (χ2v) is 5.92. The molecular weight excluding hydrogens is 359 g/mol. The largest absolute Gasteiger partial charge is 0.497 e. The Morgan fingerprint density at radius 1 is 1.25 bits per heavy atom. The van der Waals surface area contributed by atoms with E-state index in [4.69, 9.17) is 10.00 Å². The molecule has 0 atom stereocenters. The van der Waals surface area contributed by atoms with Crippen LogP contribution in [0.1, 0.15) is 23.6 Å². The van der Waals surface area contributed by atoms with Crippen LogP contribution < -0.4 is 10.1 Å². The Morgan fingerprint density at radius 3 is 2.39 bits per heavy atom. The zero-order valence-corrected chi connectivity index (χ0v) is 16.2. The number of benzene rings is 2. The van der Waals surface area contributed by atoms with Crippen LogP contribution in [0.25, 0.3) is 11.3 Å². The maximum Gasteiger partial charge on any atom is 0.216 e. The quantitative estimate of drug-likeness (QED) is 0.374. The molecule has 2 aromatic rings. The Morgan fingerprint density at radius 2 is 1.89 bits per heavy atom. The zero-order chi connectivity index (χ0) is 20.7. The number of amides is 1.